The van der Waals surface area contributed by atoms with Gasteiger partial charge in [-0.1, -0.05) is 36.4 Å². The lowest BCUT2D eigenvalue weighted by Gasteiger charge is -2.38. The van der Waals surface area contributed by atoms with E-state index in [1.54, 1.807) is 36.4 Å². The lowest BCUT2D eigenvalue weighted by atomic mass is 9.72. The number of benzene rings is 2. The van der Waals surface area contributed by atoms with E-state index < -0.39 is 24.4 Å². The third-order valence-electron chi connectivity index (χ3n) is 4.38. The van der Waals surface area contributed by atoms with Gasteiger partial charge in [0.25, 0.3) is 0 Å². The van der Waals surface area contributed by atoms with E-state index in [-0.39, 0.29) is 0 Å². The van der Waals surface area contributed by atoms with Gasteiger partial charge in [-0.3, -0.25) is 0 Å². The summed E-state index contributed by atoms with van der Waals surface area (Å²) in [5.74, 6) is 0. The van der Waals surface area contributed by atoms with Gasteiger partial charge in [0.05, 0.1) is 0 Å². The minimum absolute atomic E-state index is 0.598. The summed E-state index contributed by atoms with van der Waals surface area (Å²) in [6.07, 6.45) is -4.07. The maximum Gasteiger partial charge on any atom is 0.110 e. The predicted molar refractivity (Wildman–Crippen MR) is 71.7 cm³/mol. The second kappa shape index (κ2) is 3.90. The van der Waals surface area contributed by atoms with Crippen molar-refractivity contribution in [3.63, 3.8) is 0 Å². The molecule has 4 unspecified atom stereocenters. The Bertz CT molecular complexity index is 596. The Morgan fingerprint density at radius 1 is 0.500 bits per heavy atom. The van der Waals surface area contributed by atoms with Crippen LogP contribution in [0.4, 0.5) is 0 Å². The van der Waals surface area contributed by atoms with Crippen LogP contribution in [0.3, 0.4) is 0 Å². The molecule has 2 aliphatic carbocycles. The second-order valence-corrected chi connectivity index (χ2v) is 5.40. The molecule has 0 heterocycles. The molecule has 0 fully saturated rings. The third-order valence-corrected chi connectivity index (χ3v) is 4.38. The van der Waals surface area contributed by atoms with Crippen LogP contribution in [-0.2, 0) is 0 Å². The topological polar surface area (TPSA) is 80.9 Å². The first kappa shape index (κ1) is 12.1. The van der Waals surface area contributed by atoms with Gasteiger partial charge in [0.1, 0.15) is 24.4 Å². The molecular formula is C16H14O4. The molecule has 4 atom stereocenters. The molecular weight excluding hydrogens is 256 g/mol. The van der Waals surface area contributed by atoms with E-state index in [2.05, 4.69) is 0 Å². The van der Waals surface area contributed by atoms with E-state index >= 15 is 0 Å². The highest BCUT2D eigenvalue weighted by Crippen LogP contribution is 2.54. The zero-order valence-corrected chi connectivity index (χ0v) is 10.6. The Morgan fingerprint density at radius 3 is 1.00 bits per heavy atom. The summed E-state index contributed by atoms with van der Waals surface area (Å²) in [5.41, 5.74) is 3.88. The first-order valence-corrected chi connectivity index (χ1v) is 6.59. The van der Waals surface area contributed by atoms with Crippen LogP contribution in [0, 0.1) is 0 Å². The lowest BCUT2D eigenvalue weighted by Crippen LogP contribution is -2.25. The molecule has 0 radical (unpaired) electrons. The van der Waals surface area contributed by atoms with Crippen molar-refractivity contribution in [2.24, 2.45) is 0 Å². The maximum atomic E-state index is 10.3. The Hall–Kier alpha value is -1.72. The normalized spacial score (nSPS) is 30.0. The van der Waals surface area contributed by atoms with Crippen molar-refractivity contribution in [2.75, 3.05) is 0 Å². The quantitative estimate of drug-likeness (QED) is 0.585. The van der Waals surface area contributed by atoms with Crippen LogP contribution in [0.2, 0.25) is 0 Å². The molecule has 4 nitrogen and oxygen atoms in total. The Kier molecular flexibility index (Phi) is 2.35. The van der Waals surface area contributed by atoms with E-state index in [4.69, 9.17) is 0 Å². The largest absolute Gasteiger partial charge is 0.385 e. The summed E-state index contributed by atoms with van der Waals surface area (Å²) in [4.78, 5) is 0. The fourth-order valence-corrected chi connectivity index (χ4v) is 3.42. The van der Waals surface area contributed by atoms with Crippen LogP contribution in [0.25, 0.3) is 11.1 Å². The van der Waals surface area contributed by atoms with Gasteiger partial charge < -0.3 is 20.4 Å². The molecule has 20 heavy (non-hydrogen) atoms. The molecule has 0 aromatic heterocycles. The molecule has 2 aliphatic rings. The zero-order valence-electron chi connectivity index (χ0n) is 10.6. The molecule has 2 aromatic rings. The van der Waals surface area contributed by atoms with Gasteiger partial charge in [0, 0.05) is 0 Å². The molecule has 102 valence electrons. The molecule has 0 amide bonds. The SMILES string of the molecule is OC1c2cccc3c2-c2c(cccc2C(O)C3O)C1O. The number of aliphatic hydroxyl groups excluding tert-OH is 4. The fraction of sp³-hybridized carbons (Fsp3) is 0.250. The highest BCUT2D eigenvalue weighted by molar-refractivity contribution is 5.82. The Labute approximate surface area is 115 Å². The predicted octanol–water partition coefficient (Wildman–Crippen LogP) is 1.51. The van der Waals surface area contributed by atoms with Gasteiger partial charge in [-0.25, -0.2) is 0 Å². The first-order chi connectivity index (χ1) is 9.61. The van der Waals surface area contributed by atoms with Crippen molar-refractivity contribution < 1.29 is 20.4 Å². The third kappa shape index (κ3) is 1.29. The molecule has 4 heteroatoms. The average molecular weight is 270 g/mol. The van der Waals surface area contributed by atoms with Crippen LogP contribution in [-0.4, -0.2) is 20.4 Å². The molecule has 4 N–H and O–H groups in total. The van der Waals surface area contributed by atoms with Crippen molar-refractivity contribution in [1.29, 1.82) is 0 Å². The average Bonchev–Trinajstić information content (AvgIpc) is 2.48. The summed E-state index contributed by atoms with van der Waals surface area (Å²) < 4.78 is 0. The van der Waals surface area contributed by atoms with E-state index in [0.717, 1.165) is 11.1 Å². The van der Waals surface area contributed by atoms with Gasteiger partial charge in [-0.2, -0.15) is 0 Å². The van der Waals surface area contributed by atoms with Crippen molar-refractivity contribution in [3.8, 4) is 11.1 Å². The molecule has 0 spiro atoms. The van der Waals surface area contributed by atoms with E-state index in [9.17, 15) is 20.4 Å². The Morgan fingerprint density at radius 2 is 0.750 bits per heavy atom. The summed E-state index contributed by atoms with van der Waals surface area (Å²) in [6, 6.07) is 10.4. The number of hydrogen-bond acceptors (Lipinski definition) is 4. The van der Waals surface area contributed by atoms with Crippen LogP contribution in [0.1, 0.15) is 46.7 Å². The monoisotopic (exact) mass is 270 g/mol. The minimum atomic E-state index is -1.02. The van der Waals surface area contributed by atoms with E-state index in [0.29, 0.717) is 22.3 Å². The lowest BCUT2D eigenvalue weighted by molar-refractivity contribution is 0.00597. The summed E-state index contributed by atoms with van der Waals surface area (Å²) in [6.45, 7) is 0. The summed E-state index contributed by atoms with van der Waals surface area (Å²) >= 11 is 0. The van der Waals surface area contributed by atoms with Gasteiger partial charge in [0.2, 0.25) is 0 Å². The minimum Gasteiger partial charge on any atom is -0.385 e. The number of aliphatic hydroxyl groups is 4. The molecule has 2 aromatic carbocycles. The van der Waals surface area contributed by atoms with Gasteiger partial charge in [0.15, 0.2) is 0 Å². The molecule has 0 saturated heterocycles. The number of hydrogen-bond donors (Lipinski definition) is 4. The van der Waals surface area contributed by atoms with Gasteiger partial charge in [-0.05, 0) is 33.4 Å². The van der Waals surface area contributed by atoms with Crippen molar-refractivity contribution in [2.45, 2.75) is 24.4 Å². The second-order valence-electron chi connectivity index (χ2n) is 5.40. The maximum absolute atomic E-state index is 10.3. The molecule has 4 rings (SSSR count). The molecule has 0 saturated carbocycles. The van der Waals surface area contributed by atoms with Crippen LogP contribution < -0.4 is 0 Å². The van der Waals surface area contributed by atoms with Crippen LogP contribution >= 0.6 is 0 Å². The van der Waals surface area contributed by atoms with Crippen LogP contribution in [0.15, 0.2) is 36.4 Å². The summed E-state index contributed by atoms with van der Waals surface area (Å²) in [7, 11) is 0. The smallest absolute Gasteiger partial charge is 0.110 e. The first-order valence-electron chi connectivity index (χ1n) is 6.59. The van der Waals surface area contributed by atoms with Crippen molar-refractivity contribution >= 4 is 0 Å². The van der Waals surface area contributed by atoms with E-state index in [1.165, 1.54) is 0 Å². The molecule has 0 aliphatic heterocycles. The zero-order chi connectivity index (χ0) is 14.0. The number of rotatable bonds is 0. The standard InChI is InChI=1S/C16H14O4/c17-13-7-3-1-4-8-11(7)12-9(15(13)19)5-2-6-10(12)16(20)14(8)18/h1-6,13-20H. The Balaban J connectivity index is 2.16. The highest BCUT2D eigenvalue weighted by atomic mass is 16.3. The van der Waals surface area contributed by atoms with Gasteiger partial charge in [-0.15, -0.1) is 0 Å². The van der Waals surface area contributed by atoms with Crippen LogP contribution in [0.5, 0.6) is 0 Å². The van der Waals surface area contributed by atoms with Crippen molar-refractivity contribution in [1.82, 2.24) is 0 Å². The highest BCUT2D eigenvalue weighted by Gasteiger charge is 2.40. The molecule has 0 bridgehead atoms. The summed E-state index contributed by atoms with van der Waals surface area (Å²) in [5, 5.41) is 41.1. The van der Waals surface area contributed by atoms with Gasteiger partial charge >= 0.3 is 0 Å². The fourth-order valence-electron chi connectivity index (χ4n) is 3.42. The van der Waals surface area contributed by atoms with Crippen molar-refractivity contribution in [3.05, 3.63) is 58.7 Å². The van der Waals surface area contributed by atoms with E-state index in [1.807, 2.05) is 0 Å².